The van der Waals surface area contributed by atoms with Crippen LogP contribution in [0.4, 0.5) is 4.79 Å². The van der Waals surface area contributed by atoms with E-state index in [-0.39, 0.29) is 35.9 Å². The highest BCUT2D eigenvalue weighted by molar-refractivity contribution is 14.0. The number of guanidine groups is 1. The molecule has 7 nitrogen and oxygen atoms in total. The fourth-order valence-corrected chi connectivity index (χ4v) is 2.27. The average molecular weight is 505 g/mol. The zero-order valence-electron chi connectivity index (χ0n) is 17.9. The second-order valence-electron chi connectivity index (χ2n) is 7.71. The molecule has 0 spiro atoms. The van der Waals surface area contributed by atoms with Gasteiger partial charge in [-0.25, -0.2) is 4.79 Å². The van der Waals surface area contributed by atoms with Gasteiger partial charge >= 0.3 is 6.09 Å². The smallest absolute Gasteiger partial charge is 0.407 e. The Morgan fingerprint density at radius 2 is 1.96 bits per heavy atom. The maximum atomic E-state index is 12.1. The van der Waals surface area contributed by atoms with Crippen molar-refractivity contribution in [3.8, 4) is 0 Å². The minimum Gasteiger partial charge on any atom is -0.444 e. The highest BCUT2D eigenvalue weighted by atomic mass is 127. The maximum Gasteiger partial charge on any atom is 0.407 e. The Labute approximate surface area is 186 Å². The molecular formula is C20H36IN5O2. The van der Waals surface area contributed by atoms with Crippen LogP contribution in [0.2, 0.25) is 0 Å². The Morgan fingerprint density at radius 3 is 2.50 bits per heavy atom. The number of hydrogen-bond acceptors (Lipinski definition) is 4. The van der Waals surface area contributed by atoms with E-state index in [0.717, 1.165) is 31.2 Å². The summed E-state index contributed by atoms with van der Waals surface area (Å²) in [6.07, 6.45) is 2.20. The molecule has 0 bridgehead atoms. The summed E-state index contributed by atoms with van der Waals surface area (Å²) in [6.45, 7) is 13.6. The topological polar surface area (TPSA) is 87.6 Å². The molecule has 3 N–H and O–H groups in total. The lowest BCUT2D eigenvalue weighted by Gasteiger charge is -2.25. The predicted octanol–water partition coefficient (Wildman–Crippen LogP) is 3.35. The number of aliphatic imine (C=N–C) groups is 1. The van der Waals surface area contributed by atoms with E-state index >= 15 is 0 Å². The van der Waals surface area contributed by atoms with Crippen LogP contribution in [-0.2, 0) is 11.2 Å². The number of ether oxygens (including phenoxy) is 1. The lowest BCUT2D eigenvalue weighted by Crippen LogP contribution is -2.45. The first-order valence-corrected chi connectivity index (χ1v) is 9.63. The van der Waals surface area contributed by atoms with Crippen LogP contribution in [-0.4, -0.2) is 48.3 Å². The number of nitrogens with one attached hydrogen (secondary N) is 3. The molecule has 28 heavy (non-hydrogen) atoms. The summed E-state index contributed by atoms with van der Waals surface area (Å²) < 4.78 is 5.35. The van der Waals surface area contributed by atoms with Crippen molar-refractivity contribution in [3.05, 3.63) is 30.1 Å². The van der Waals surface area contributed by atoms with Gasteiger partial charge in [-0.15, -0.1) is 24.0 Å². The molecule has 1 aromatic rings. The lowest BCUT2D eigenvalue weighted by molar-refractivity contribution is 0.0493. The van der Waals surface area contributed by atoms with Crippen molar-refractivity contribution in [1.82, 2.24) is 20.9 Å². The normalized spacial score (nSPS) is 12.8. The minimum absolute atomic E-state index is 0. The van der Waals surface area contributed by atoms with E-state index in [4.69, 9.17) is 4.74 Å². The molecule has 1 aromatic heterocycles. The summed E-state index contributed by atoms with van der Waals surface area (Å²) in [4.78, 5) is 21.0. The first-order valence-electron chi connectivity index (χ1n) is 9.63. The number of hydrogen-bond donors (Lipinski definition) is 3. The quantitative estimate of drug-likeness (QED) is 0.287. The van der Waals surface area contributed by atoms with Crippen LogP contribution in [0, 0.1) is 5.92 Å². The van der Waals surface area contributed by atoms with E-state index in [0.29, 0.717) is 6.54 Å². The molecule has 0 aliphatic heterocycles. The van der Waals surface area contributed by atoms with E-state index in [1.165, 1.54) is 0 Å². The minimum atomic E-state index is -0.517. The summed E-state index contributed by atoms with van der Waals surface area (Å²) in [5.41, 5.74) is 0.518. The Balaban J connectivity index is 0.00000729. The van der Waals surface area contributed by atoms with Crippen molar-refractivity contribution in [1.29, 1.82) is 0 Å². The molecule has 1 unspecified atom stereocenters. The summed E-state index contributed by atoms with van der Waals surface area (Å²) >= 11 is 0. The van der Waals surface area contributed by atoms with Gasteiger partial charge in [0.2, 0.25) is 0 Å². The SMILES string of the molecule is CCNC(=NCC(NC(=O)OC(C)(C)C)C(C)C)NCCc1ccccn1.I. The fourth-order valence-electron chi connectivity index (χ4n) is 2.27. The highest BCUT2D eigenvalue weighted by Gasteiger charge is 2.21. The molecule has 0 radical (unpaired) electrons. The van der Waals surface area contributed by atoms with Gasteiger partial charge in [0.1, 0.15) is 5.60 Å². The van der Waals surface area contributed by atoms with Gasteiger partial charge in [-0.2, -0.15) is 0 Å². The second-order valence-corrected chi connectivity index (χ2v) is 7.71. The highest BCUT2D eigenvalue weighted by Crippen LogP contribution is 2.09. The van der Waals surface area contributed by atoms with Crippen molar-refractivity contribution in [2.45, 2.75) is 59.6 Å². The monoisotopic (exact) mass is 505 g/mol. The van der Waals surface area contributed by atoms with Crippen molar-refractivity contribution in [3.63, 3.8) is 0 Å². The molecule has 1 amide bonds. The summed E-state index contributed by atoms with van der Waals surface area (Å²) in [5.74, 6) is 0.961. The molecule has 0 aliphatic carbocycles. The molecular weight excluding hydrogens is 469 g/mol. The van der Waals surface area contributed by atoms with Gasteiger partial charge in [-0.1, -0.05) is 19.9 Å². The average Bonchev–Trinajstić information content (AvgIpc) is 2.57. The number of carbonyl (C=O) groups excluding carboxylic acids is 1. The van der Waals surface area contributed by atoms with Crippen molar-refractivity contribution < 1.29 is 9.53 Å². The summed E-state index contributed by atoms with van der Waals surface area (Å²) in [7, 11) is 0. The van der Waals surface area contributed by atoms with Crippen LogP contribution in [0.1, 0.15) is 47.2 Å². The zero-order chi connectivity index (χ0) is 20.3. The van der Waals surface area contributed by atoms with Gasteiger partial charge in [-0.05, 0) is 45.7 Å². The van der Waals surface area contributed by atoms with Crippen LogP contribution in [0.5, 0.6) is 0 Å². The molecule has 0 aromatic carbocycles. The summed E-state index contributed by atoms with van der Waals surface area (Å²) in [6, 6.07) is 5.79. The Kier molecular flexibility index (Phi) is 12.8. The third-order valence-corrected chi connectivity index (χ3v) is 3.70. The van der Waals surface area contributed by atoms with Crippen molar-refractivity contribution >= 4 is 36.0 Å². The van der Waals surface area contributed by atoms with Crippen LogP contribution < -0.4 is 16.0 Å². The number of aromatic nitrogens is 1. The first-order chi connectivity index (χ1) is 12.7. The van der Waals surface area contributed by atoms with Crippen LogP contribution in [0.3, 0.4) is 0 Å². The van der Waals surface area contributed by atoms with Gasteiger partial charge in [-0.3, -0.25) is 9.98 Å². The number of nitrogens with zero attached hydrogens (tertiary/aromatic N) is 2. The summed E-state index contributed by atoms with van der Waals surface area (Å²) in [5, 5.41) is 9.46. The number of alkyl carbamates (subject to hydrolysis) is 1. The third kappa shape index (κ3) is 12.0. The maximum absolute atomic E-state index is 12.1. The van der Waals surface area contributed by atoms with Gasteiger partial charge in [0.15, 0.2) is 5.96 Å². The van der Waals surface area contributed by atoms with Crippen LogP contribution in [0.15, 0.2) is 29.4 Å². The molecule has 0 fully saturated rings. The zero-order valence-corrected chi connectivity index (χ0v) is 20.2. The van der Waals surface area contributed by atoms with E-state index in [9.17, 15) is 4.79 Å². The standard InChI is InChI=1S/C20H35N5O2.HI/c1-7-21-18(23-13-11-16-10-8-9-12-22-16)24-14-17(15(2)3)25-19(26)27-20(4,5)6;/h8-10,12,15,17H,7,11,13-14H2,1-6H3,(H,25,26)(H2,21,23,24);1H. The second kappa shape index (κ2) is 13.6. The van der Waals surface area contributed by atoms with E-state index in [2.05, 4.69) is 39.8 Å². The molecule has 0 saturated heterocycles. The van der Waals surface area contributed by atoms with Crippen molar-refractivity contribution in [2.75, 3.05) is 19.6 Å². The number of carbonyl (C=O) groups is 1. The number of pyridine rings is 1. The van der Waals surface area contributed by atoms with E-state index in [1.54, 1.807) is 6.20 Å². The molecule has 0 saturated carbocycles. The number of amides is 1. The van der Waals surface area contributed by atoms with Gasteiger partial charge < -0.3 is 20.7 Å². The molecule has 1 heterocycles. The number of halogens is 1. The molecule has 1 rings (SSSR count). The Bertz CT molecular complexity index is 588. The lowest BCUT2D eigenvalue weighted by atomic mass is 10.1. The molecule has 160 valence electrons. The van der Waals surface area contributed by atoms with Crippen LogP contribution in [0.25, 0.3) is 0 Å². The number of rotatable bonds is 8. The Morgan fingerprint density at radius 1 is 1.25 bits per heavy atom. The third-order valence-electron chi connectivity index (χ3n) is 3.70. The van der Waals surface area contributed by atoms with Crippen LogP contribution >= 0.6 is 24.0 Å². The molecule has 8 heteroatoms. The van der Waals surface area contributed by atoms with Gasteiger partial charge in [0.05, 0.1) is 12.6 Å². The van der Waals surface area contributed by atoms with Gasteiger partial charge in [0.25, 0.3) is 0 Å². The largest absolute Gasteiger partial charge is 0.444 e. The molecule has 1 atom stereocenters. The first kappa shape index (κ1) is 26.4. The Hall–Kier alpha value is -1.58. The van der Waals surface area contributed by atoms with E-state index in [1.807, 2.05) is 45.9 Å². The predicted molar refractivity (Wildman–Crippen MR) is 125 cm³/mol. The fraction of sp³-hybridized carbons (Fsp3) is 0.650. The van der Waals surface area contributed by atoms with E-state index < -0.39 is 11.7 Å². The molecule has 0 aliphatic rings. The van der Waals surface area contributed by atoms with Crippen molar-refractivity contribution in [2.24, 2.45) is 10.9 Å². The van der Waals surface area contributed by atoms with Gasteiger partial charge in [0, 0.05) is 31.4 Å².